The molecule has 1 N–H and O–H groups in total. The minimum Gasteiger partial charge on any atom is -0.415 e. The van der Waals surface area contributed by atoms with Crippen molar-refractivity contribution in [1.29, 1.82) is 0 Å². The Kier molecular flexibility index (Phi) is 4.27. The molecule has 0 radical (unpaired) electrons. The lowest BCUT2D eigenvalue weighted by atomic mass is 10.1. The molecule has 150 valence electrons. The Morgan fingerprint density at radius 2 is 2.00 bits per heavy atom. The predicted octanol–water partition coefficient (Wildman–Crippen LogP) is 4.00. The average molecular weight is 411 g/mol. The molecule has 11 heteroatoms. The maximum absolute atomic E-state index is 14.6. The first-order chi connectivity index (χ1) is 14.6. The molecule has 0 saturated heterocycles. The topological polar surface area (TPSA) is 98.3 Å². The van der Waals surface area contributed by atoms with Crippen molar-refractivity contribution in [3.63, 3.8) is 0 Å². The van der Waals surface area contributed by atoms with E-state index in [1.807, 2.05) is 12.1 Å². The molecular weight excluding hydrogens is 399 g/mol. The highest BCUT2D eigenvalue weighted by Crippen LogP contribution is 2.26. The lowest BCUT2D eigenvalue weighted by Crippen LogP contribution is -2.03. The van der Waals surface area contributed by atoms with Gasteiger partial charge in [0.05, 0.1) is 12.7 Å². The minimum absolute atomic E-state index is 0.132. The predicted molar refractivity (Wildman–Crippen MR) is 98.9 cm³/mol. The molecule has 0 spiro atoms. The fourth-order valence-corrected chi connectivity index (χ4v) is 3.11. The first-order valence-electron chi connectivity index (χ1n) is 8.81. The van der Waals surface area contributed by atoms with Crippen LogP contribution in [0.1, 0.15) is 17.9 Å². The highest BCUT2D eigenvalue weighted by atomic mass is 19.3. The monoisotopic (exact) mass is 411 g/mol. The van der Waals surface area contributed by atoms with Crippen LogP contribution in [0.4, 0.5) is 13.2 Å². The van der Waals surface area contributed by atoms with Crippen LogP contribution in [0.5, 0.6) is 0 Å². The number of hydrogen-bond donors (Lipinski definition) is 1. The zero-order valence-electron chi connectivity index (χ0n) is 15.1. The lowest BCUT2D eigenvalue weighted by Gasteiger charge is -2.04. The molecule has 5 aromatic rings. The molecule has 5 rings (SSSR count). The zero-order chi connectivity index (χ0) is 20.7. The molecule has 4 heterocycles. The van der Waals surface area contributed by atoms with E-state index in [1.165, 1.54) is 16.8 Å². The maximum Gasteiger partial charge on any atom is 0.314 e. The van der Waals surface area contributed by atoms with Crippen LogP contribution >= 0.6 is 0 Å². The summed E-state index contributed by atoms with van der Waals surface area (Å²) in [6.45, 7) is 0.132. The first kappa shape index (κ1) is 18.0. The summed E-state index contributed by atoms with van der Waals surface area (Å²) in [7, 11) is 0. The Balaban J connectivity index is 1.39. The number of benzene rings is 1. The highest BCUT2D eigenvalue weighted by Gasteiger charge is 2.18. The van der Waals surface area contributed by atoms with Crippen molar-refractivity contribution in [3.8, 4) is 22.7 Å². The summed E-state index contributed by atoms with van der Waals surface area (Å²) in [5, 5.41) is 15.9. The zero-order valence-corrected chi connectivity index (χ0v) is 15.1. The van der Waals surface area contributed by atoms with Crippen LogP contribution in [0.15, 0.2) is 53.3 Å². The van der Waals surface area contributed by atoms with E-state index < -0.39 is 18.1 Å². The van der Waals surface area contributed by atoms with Gasteiger partial charge in [0, 0.05) is 34.5 Å². The van der Waals surface area contributed by atoms with Crippen molar-refractivity contribution >= 4 is 11.0 Å². The van der Waals surface area contributed by atoms with Crippen LogP contribution in [0.25, 0.3) is 33.7 Å². The molecule has 0 atom stereocenters. The Labute approximate surface area is 166 Å². The third kappa shape index (κ3) is 3.19. The second-order valence-electron chi connectivity index (χ2n) is 6.45. The second-order valence-corrected chi connectivity index (χ2v) is 6.45. The second kappa shape index (κ2) is 7.10. The first-order valence-corrected chi connectivity index (χ1v) is 8.81. The van der Waals surface area contributed by atoms with E-state index in [9.17, 15) is 13.2 Å². The summed E-state index contributed by atoms with van der Waals surface area (Å²) in [6.07, 6.45) is 2.28. The molecule has 4 aromatic heterocycles. The molecule has 0 amide bonds. The van der Waals surface area contributed by atoms with Crippen LogP contribution in [0, 0.1) is 5.82 Å². The van der Waals surface area contributed by atoms with E-state index >= 15 is 0 Å². The van der Waals surface area contributed by atoms with Crippen molar-refractivity contribution < 1.29 is 17.6 Å². The van der Waals surface area contributed by atoms with Crippen LogP contribution in [0.3, 0.4) is 0 Å². The van der Waals surface area contributed by atoms with E-state index in [4.69, 9.17) is 4.42 Å². The van der Waals surface area contributed by atoms with Gasteiger partial charge in [-0.3, -0.25) is 0 Å². The van der Waals surface area contributed by atoms with Gasteiger partial charge in [-0.2, -0.15) is 8.78 Å². The van der Waals surface area contributed by atoms with Crippen molar-refractivity contribution in [2.24, 2.45) is 0 Å². The van der Waals surface area contributed by atoms with Gasteiger partial charge in [0.2, 0.25) is 5.89 Å². The quantitative estimate of drug-likeness (QED) is 0.470. The molecule has 0 bridgehead atoms. The lowest BCUT2D eigenvalue weighted by molar-refractivity contribution is 0.116. The summed E-state index contributed by atoms with van der Waals surface area (Å²) in [6, 6.07) is 7.91. The Bertz CT molecular complexity index is 1340. The van der Waals surface area contributed by atoms with Crippen LogP contribution in [-0.4, -0.2) is 35.2 Å². The fourth-order valence-electron chi connectivity index (χ4n) is 3.11. The maximum atomic E-state index is 14.6. The Hall–Kier alpha value is -4.02. The van der Waals surface area contributed by atoms with E-state index in [0.717, 1.165) is 22.7 Å². The fraction of sp³-hybridized carbons (Fsp3) is 0.105. The molecule has 30 heavy (non-hydrogen) atoms. The van der Waals surface area contributed by atoms with Gasteiger partial charge in [-0.15, -0.1) is 15.3 Å². The number of nitrogens with zero attached hydrogens (tertiary/aromatic N) is 6. The number of halogens is 3. The third-order valence-corrected chi connectivity index (χ3v) is 4.53. The van der Waals surface area contributed by atoms with Crippen molar-refractivity contribution in [1.82, 2.24) is 35.2 Å². The molecule has 1 aromatic carbocycles. The number of nitrogens with one attached hydrogen (secondary N) is 1. The number of aromatic nitrogens is 7. The van der Waals surface area contributed by atoms with Crippen molar-refractivity contribution in [3.05, 3.63) is 66.2 Å². The van der Waals surface area contributed by atoms with Crippen LogP contribution < -0.4 is 0 Å². The summed E-state index contributed by atoms with van der Waals surface area (Å²) in [5.41, 5.74) is 2.77. The Morgan fingerprint density at radius 1 is 1.10 bits per heavy atom. The number of pyridine rings is 1. The van der Waals surface area contributed by atoms with Gasteiger partial charge in [-0.1, -0.05) is 11.3 Å². The molecule has 0 aliphatic rings. The molecule has 0 aliphatic carbocycles. The average Bonchev–Trinajstić information content (AvgIpc) is 3.49. The van der Waals surface area contributed by atoms with Gasteiger partial charge in [-0.05, 0) is 24.3 Å². The van der Waals surface area contributed by atoms with Gasteiger partial charge in [0.25, 0.3) is 5.89 Å². The summed E-state index contributed by atoms with van der Waals surface area (Å²) < 4.78 is 46.1. The Morgan fingerprint density at radius 3 is 2.80 bits per heavy atom. The number of alkyl halides is 2. The number of rotatable bonds is 5. The van der Waals surface area contributed by atoms with E-state index in [0.29, 0.717) is 11.3 Å². The summed E-state index contributed by atoms with van der Waals surface area (Å²) >= 11 is 0. The SMILES string of the molecule is Fc1cc(-c2nnc(C(F)F)o2)ccc1Cn1cc(-c2ccnc3[nH]ccc23)nn1. The molecule has 0 aliphatic heterocycles. The van der Waals surface area contributed by atoms with E-state index in [1.54, 1.807) is 18.6 Å². The normalized spacial score (nSPS) is 11.6. The van der Waals surface area contributed by atoms with Gasteiger partial charge >= 0.3 is 6.43 Å². The summed E-state index contributed by atoms with van der Waals surface area (Å²) in [5.74, 6) is -1.54. The number of H-pyrrole nitrogens is 1. The van der Waals surface area contributed by atoms with Gasteiger partial charge in [-0.25, -0.2) is 14.1 Å². The molecule has 0 saturated carbocycles. The van der Waals surface area contributed by atoms with Crippen LogP contribution in [0.2, 0.25) is 0 Å². The van der Waals surface area contributed by atoms with Gasteiger partial charge in [0.1, 0.15) is 17.2 Å². The number of fused-ring (bicyclic) bond motifs is 1. The number of aromatic amines is 1. The van der Waals surface area contributed by atoms with E-state index in [-0.39, 0.29) is 18.0 Å². The molecular formula is C19H12F3N7O. The van der Waals surface area contributed by atoms with Crippen molar-refractivity contribution in [2.45, 2.75) is 13.0 Å². The van der Waals surface area contributed by atoms with E-state index in [2.05, 4.69) is 30.5 Å². The van der Waals surface area contributed by atoms with Gasteiger partial charge < -0.3 is 9.40 Å². The smallest absolute Gasteiger partial charge is 0.314 e. The molecule has 8 nitrogen and oxygen atoms in total. The minimum atomic E-state index is -2.88. The van der Waals surface area contributed by atoms with Crippen LogP contribution in [-0.2, 0) is 6.54 Å². The highest BCUT2D eigenvalue weighted by molar-refractivity contribution is 5.91. The van der Waals surface area contributed by atoms with Crippen molar-refractivity contribution in [2.75, 3.05) is 0 Å². The summed E-state index contributed by atoms with van der Waals surface area (Å²) in [4.78, 5) is 7.27. The molecule has 0 fully saturated rings. The standard InChI is InChI=1S/C19H12F3N7O/c20-14-7-10(18-26-27-19(30-18)16(21)22)1-2-11(14)8-29-9-15(25-28-29)12-3-5-23-17-13(12)4-6-24-17/h1-7,9,16H,8H2,(H,23,24). The van der Waals surface area contributed by atoms with Gasteiger partial charge in [0.15, 0.2) is 0 Å². The number of hydrogen-bond acceptors (Lipinski definition) is 6. The largest absolute Gasteiger partial charge is 0.415 e. The molecule has 0 unspecified atom stereocenters. The third-order valence-electron chi connectivity index (χ3n) is 4.53.